The van der Waals surface area contributed by atoms with Gasteiger partial charge in [-0.2, -0.15) is 0 Å². The Kier molecular flexibility index (Phi) is 3.61. The first kappa shape index (κ1) is 13.6. The van der Waals surface area contributed by atoms with Gasteiger partial charge in [0.15, 0.2) is 0 Å². The molecule has 0 saturated carbocycles. The van der Waals surface area contributed by atoms with Crippen molar-refractivity contribution in [2.75, 3.05) is 0 Å². The molecule has 2 aromatic carbocycles. The lowest BCUT2D eigenvalue weighted by Gasteiger charge is -2.12. The van der Waals surface area contributed by atoms with Crippen molar-refractivity contribution in [3.63, 3.8) is 0 Å². The van der Waals surface area contributed by atoms with E-state index >= 15 is 0 Å². The van der Waals surface area contributed by atoms with Crippen molar-refractivity contribution >= 4 is 10.9 Å². The lowest BCUT2D eigenvalue weighted by Crippen LogP contribution is -2.20. The van der Waals surface area contributed by atoms with Crippen LogP contribution in [0, 0.1) is 6.92 Å². The standard InChI is InChI=1S/C19H19NO/c1-3-15-8-10-16(11-9-15)13-20-18-7-5-4-6-17(18)14(2)12-19(20)21/h4-12H,3,13H2,1-2H3. The fourth-order valence-corrected chi connectivity index (χ4v) is 2.73. The molecule has 0 aliphatic heterocycles. The highest BCUT2D eigenvalue weighted by Crippen LogP contribution is 2.17. The molecule has 0 unspecified atom stereocenters. The number of hydrogen-bond donors (Lipinski definition) is 0. The Balaban J connectivity index is 2.09. The van der Waals surface area contributed by atoms with Crippen LogP contribution in [-0.2, 0) is 13.0 Å². The highest BCUT2D eigenvalue weighted by molar-refractivity contribution is 5.82. The number of rotatable bonds is 3. The van der Waals surface area contributed by atoms with Gasteiger partial charge in [-0.1, -0.05) is 49.4 Å². The van der Waals surface area contributed by atoms with E-state index in [1.165, 1.54) is 5.56 Å². The van der Waals surface area contributed by atoms with Crippen LogP contribution in [0.2, 0.25) is 0 Å². The number of aromatic nitrogens is 1. The molecule has 3 aromatic rings. The zero-order valence-electron chi connectivity index (χ0n) is 12.5. The van der Waals surface area contributed by atoms with Gasteiger partial charge in [0.2, 0.25) is 0 Å². The molecule has 0 fully saturated rings. The van der Waals surface area contributed by atoms with E-state index in [0.717, 1.165) is 28.5 Å². The second-order valence-corrected chi connectivity index (χ2v) is 5.44. The summed E-state index contributed by atoms with van der Waals surface area (Å²) in [4.78, 5) is 12.3. The van der Waals surface area contributed by atoms with Gasteiger partial charge < -0.3 is 4.57 Å². The van der Waals surface area contributed by atoms with Gasteiger partial charge in [0.1, 0.15) is 0 Å². The maximum atomic E-state index is 12.3. The van der Waals surface area contributed by atoms with Gasteiger partial charge >= 0.3 is 0 Å². The molecule has 21 heavy (non-hydrogen) atoms. The van der Waals surface area contributed by atoms with Crippen LogP contribution >= 0.6 is 0 Å². The molecule has 3 rings (SSSR count). The van der Waals surface area contributed by atoms with Crippen LogP contribution in [0.25, 0.3) is 10.9 Å². The zero-order chi connectivity index (χ0) is 14.8. The van der Waals surface area contributed by atoms with E-state index in [9.17, 15) is 4.79 Å². The number of hydrogen-bond acceptors (Lipinski definition) is 1. The molecule has 0 bridgehead atoms. The van der Waals surface area contributed by atoms with Crippen LogP contribution in [0.1, 0.15) is 23.6 Å². The molecule has 0 saturated heterocycles. The molecule has 2 nitrogen and oxygen atoms in total. The molecule has 0 aliphatic rings. The van der Waals surface area contributed by atoms with E-state index in [4.69, 9.17) is 0 Å². The molecule has 2 heteroatoms. The Hall–Kier alpha value is -2.35. The molecule has 0 radical (unpaired) electrons. The number of aryl methyl sites for hydroxylation is 2. The number of para-hydroxylation sites is 1. The van der Waals surface area contributed by atoms with Gasteiger partial charge in [-0.3, -0.25) is 4.79 Å². The largest absolute Gasteiger partial charge is 0.304 e. The minimum absolute atomic E-state index is 0.0609. The van der Waals surface area contributed by atoms with Gasteiger partial charge in [0.05, 0.1) is 12.1 Å². The summed E-state index contributed by atoms with van der Waals surface area (Å²) in [6.07, 6.45) is 1.04. The lowest BCUT2D eigenvalue weighted by molar-refractivity contribution is 0.792. The van der Waals surface area contributed by atoms with Crippen LogP contribution < -0.4 is 5.56 Å². The predicted octanol–water partition coefficient (Wildman–Crippen LogP) is 3.92. The third kappa shape index (κ3) is 2.62. The van der Waals surface area contributed by atoms with Crippen molar-refractivity contribution in [1.82, 2.24) is 4.57 Å². The first-order chi connectivity index (χ1) is 10.2. The highest BCUT2D eigenvalue weighted by Gasteiger charge is 2.06. The normalized spacial score (nSPS) is 11.0. The molecular formula is C19H19NO. The predicted molar refractivity (Wildman–Crippen MR) is 87.9 cm³/mol. The SMILES string of the molecule is CCc1ccc(Cn2c(=O)cc(C)c3ccccc32)cc1. The summed E-state index contributed by atoms with van der Waals surface area (Å²) in [7, 11) is 0. The van der Waals surface area contributed by atoms with Crippen molar-refractivity contribution in [2.24, 2.45) is 0 Å². The third-order valence-electron chi connectivity index (χ3n) is 4.00. The Bertz CT molecular complexity index is 828. The number of pyridine rings is 1. The third-order valence-corrected chi connectivity index (χ3v) is 4.00. The van der Waals surface area contributed by atoms with Gasteiger partial charge in [-0.15, -0.1) is 0 Å². The van der Waals surface area contributed by atoms with Gasteiger partial charge in [-0.25, -0.2) is 0 Å². The average Bonchev–Trinajstić information content (AvgIpc) is 2.52. The van der Waals surface area contributed by atoms with E-state index in [0.29, 0.717) is 6.54 Å². The Morgan fingerprint density at radius 1 is 0.952 bits per heavy atom. The number of benzene rings is 2. The van der Waals surface area contributed by atoms with E-state index in [1.54, 1.807) is 6.07 Å². The van der Waals surface area contributed by atoms with Crippen molar-refractivity contribution in [3.8, 4) is 0 Å². The van der Waals surface area contributed by atoms with Crippen LogP contribution in [-0.4, -0.2) is 4.57 Å². The van der Waals surface area contributed by atoms with Gasteiger partial charge in [0.25, 0.3) is 5.56 Å². The molecule has 0 N–H and O–H groups in total. The van der Waals surface area contributed by atoms with E-state index < -0.39 is 0 Å². The van der Waals surface area contributed by atoms with Gasteiger partial charge in [-0.05, 0) is 36.1 Å². The van der Waals surface area contributed by atoms with E-state index in [1.807, 2.05) is 29.7 Å². The van der Waals surface area contributed by atoms with Crippen molar-refractivity contribution in [3.05, 3.63) is 81.6 Å². The average molecular weight is 277 g/mol. The summed E-state index contributed by atoms with van der Waals surface area (Å²) in [5.74, 6) is 0. The summed E-state index contributed by atoms with van der Waals surface area (Å²) in [6.45, 7) is 4.75. The smallest absolute Gasteiger partial charge is 0.251 e. The fourth-order valence-electron chi connectivity index (χ4n) is 2.73. The topological polar surface area (TPSA) is 22.0 Å². The van der Waals surface area contributed by atoms with E-state index in [2.05, 4.69) is 37.3 Å². The number of nitrogens with zero attached hydrogens (tertiary/aromatic N) is 1. The van der Waals surface area contributed by atoms with Crippen molar-refractivity contribution in [2.45, 2.75) is 26.8 Å². The Labute approximate surface area is 124 Å². The monoisotopic (exact) mass is 277 g/mol. The summed E-state index contributed by atoms with van der Waals surface area (Å²) in [6, 6.07) is 18.3. The molecule has 0 atom stereocenters. The number of fused-ring (bicyclic) bond motifs is 1. The molecule has 0 spiro atoms. The molecule has 106 valence electrons. The van der Waals surface area contributed by atoms with Crippen LogP contribution in [0.15, 0.2) is 59.4 Å². The summed E-state index contributed by atoms with van der Waals surface area (Å²) < 4.78 is 1.85. The van der Waals surface area contributed by atoms with E-state index in [-0.39, 0.29) is 5.56 Å². The molecular weight excluding hydrogens is 258 g/mol. The lowest BCUT2D eigenvalue weighted by atomic mass is 10.1. The molecule has 0 amide bonds. The van der Waals surface area contributed by atoms with Crippen LogP contribution in [0.5, 0.6) is 0 Å². The quantitative estimate of drug-likeness (QED) is 0.711. The Morgan fingerprint density at radius 3 is 2.33 bits per heavy atom. The first-order valence-corrected chi connectivity index (χ1v) is 7.36. The zero-order valence-corrected chi connectivity index (χ0v) is 12.5. The second-order valence-electron chi connectivity index (χ2n) is 5.44. The van der Waals surface area contributed by atoms with Gasteiger partial charge in [0, 0.05) is 11.5 Å². The molecule has 0 aliphatic carbocycles. The summed E-state index contributed by atoms with van der Waals surface area (Å²) in [5, 5.41) is 1.14. The van der Waals surface area contributed by atoms with Crippen LogP contribution in [0.3, 0.4) is 0 Å². The second kappa shape index (κ2) is 5.57. The highest BCUT2D eigenvalue weighted by atomic mass is 16.1. The summed E-state index contributed by atoms with van der Waals surface area (Å²) in [5.41, 5.74) is 4.57. The maximum Gasteiger partial charge on any atom is 0.251 e. The van der Waals surface area contributed by atoms with Crippen LogP contribution in [0.4, 0.5) is 0 Å². The minimum Gasteiger partial charge on any atom is -0.304 e. The first-order valence-electron chi connectivity index (χ1n) is 7.36. The summed E-state index contributed by atoms with van der Waals surface area (Å²) >= 11 is 0. The maximum absolute atomic E-state index is 12.3. The molecule has 1 heterocycles. The Morgan fingerprint density at radius 2 is 1.62 bits per heavy atom. The van der Waals surface area contributed by atoms with Crippen molar-refractivity contribution < 1.29 is 0 Å². The fraction of sp³-hybridized carbons (Fsp3) is 0.211. The molecule has 1 aromatic heterocycles. The minimum atomic E-state index is 0.0609. The van der Waals surface area contributed by atoms with Crippen molar-refractivity contribution in [1.29, 1.82) is 0 Å².